The first-order valence-corrected chi connectivity index (χ1v) is 8.32. The number of aromatic amines is 1. The van der Waals surface area contributed by atoms with Gasteiger partial charge in [-0.1, -0.05) is 35.3 Å². The zero-order chi connectivity index (χ0) is 18.3. The normalized spacial score (nSPS) is 16.3. The van der Waals surface area contributed by atoms with Gasteiger partial charge in [0.25, 0.3) is 0 Å². The lowest BCUT2D eigenvalue weighted by molar-refractivity contribution is -0.127. The van der Waals surface area contributed by atoms with Crippen LogP contribution in [-0.2, 0) is 4.79 Å². The standard InChI is InChI=1S/C17H11Cl2N3O4/c18-8-5-9-14(10(19)6-8)20-17(24)15(9)21-22-16(23)13-7-25-11-3-1-2-4-12(11)26-13/h1-6,13,20,24H,7H2/t13-/m0/s1. The molecule has 132 valence electrons. The summed E-state index contributed by atoms with van der Waals surface area (Å²) in [6.45, 7) is 0.0202. The number of rotatable bonds is 2. The molecular formula is C17H11Cl2N3O4. The van der Waals surface area contributed by atoms with Gasteiger partial charge in [0.1, 0.15) is 6.61 Å². The van der Waals surface area contributed by atoms with Crippen LogP contribution in [0.1, 0.15) is 0 Å². The Labute approximate surface area is 157 Å². The van der Waals surface area contributed by atoms with Crippen molar-refractivity contribution in [2.45, 2.75) is 6.10 Å². The molecule has 4 rings (SSSR count). The highest BCUT2D eigenvalue weighted by Gasteiger charge is 2.27. The maximum absolute atomic E-state index is 12.3. The molecule has 2 heterocycles. The van der Waals surface area contributed by atoms with Crippen LogP contribution in [0.25, 0.3) is 10.9 Å². The maximum Gasteiger partial charge on any atom is 0.308 e. The van der Waals surface area contributed by atoms with E-state index in [1.807, 2.05) is 0 Å². The Morgan fingerprint density at radius 1 is 1.23 bits per heavy atom. The summed E-state index contributed by atoms with van der Waals surface area (Å²) in [6.07, 6.45) is -0.923. The fourth-order valence-electron chi connectivity index (χ4n) is 2.60. The van der Waals surface area contributed by atoms with Crippen molar-refractivity contribution in [2.75, 3.05) is 6.61 Å². The summed E-state index contributed by atoms with van der Waals surface area (Å²) in [6, 6.07) is 10.1. The smallest absolute Gasteiger partial charge is 0.308 e. The number of nitrogens with one attached hydrogen (secondary N) is 1. The van der Waals surface area contributed by atoms with Crippen LogP contribution in [0.4, 0.5) is 5.69 Å². The van der Waals surface area contributed by atoms with Gasteiger partial charge in [0.15, 0.2) is 17.2 Å². The van der Waals surface area contributed by atoms with Crippen LogP contribution in [0.3, 0.4) is 0 Å². The number of halogens is 2. The van der Waals surface area contributed by atoms with Crippen molar-refractivity contribution in [1.29, 1.82) is 0 Å². The summed E-state index contributed by atoms with van der Waals surface area (Å²) in [5.74, 6) is 0.112. The van der Waals surface area contributed by atoms with Crippen molar-refractivity contribution < 1.29 is 19.4 Å². The third kappa shape index (κ3) is 2.95. The van der Waals surface area contributed by atoms with Crippen LogP contribution >= 0.6 is 23.2 Å². The number of nitrogens with zero attached hydrogens (tertiary/aromatic N) is 2. The van der Waals surface area contributed by atoms with Crippen molar-refractivity contribution in [3.63, 3.8) is 0 Å². The summed E-state index contributed by atoms with van der Waals surface area (Å²) in [5.41, 5.74) is 0.510. The summed E-state index contributed by atoms with van der Waals surface area (Å²) >= 11 is 12.1. The third-order valence-corrected chi connectivity index (χ3v) is 4.33. The zero-order valence-corrected chi connectivity index (χ0v) is 14.6. The van der Waals surface area contributed by atoms with E-state index in [1.165, 1.54) is 6.07 Å². The number of benzene rings is 2. The number of aromatic nitrogens is 1. The Morgan fingerprint density at radius 3 is 2.81 bits per heavy atom. The number of amides is 1. The summed E-state index contributed by atoms with van der Waals surface area (Å²) in [4.78, 5) is 15.0. The fraction of sp³-hybridized carbons (Fsp3) is 0.118. The molecule has 1 atom stereocenters. The third-order valence-electron chi connectivity index (χ3n) is 3.81. The first kappa shape index (κ1) is 16.7. The first-order valence-electron chi connectivity index (χ1n) is 7.56. The second kappa shape index (κ2) is 6.51. The van der Waals surface area contributed by atoms with Gasteiger partial charge >= 0.3 is 5.91 Å². The van der Waals surface area contributed by atoms with Crippen LogP contribution in [0.5, 0.6) is 17.4 Å². The SMILES string of the molecule is O=C(N=Nc1c(O)[nH]c2c(Cl)cc(Cl)cc12)[C@@H]1COc2ccccc2O1. The molecule has 9 heteroatoms. The van der Waals surface area contributed by atoms with Gasteiger partial charge in [0.2, 0.25) is 12.0 Å². The molecule has 7 nitrogen and oxygen atoms in total. The molecule has 0 aliphatic carbocycles. The number of fused-ring (bicyclic) bond motifs is 2. The Hall–Kier alpha value is -2.77. The predicted molar refractivity (Wildman–Crippen MR) is 95.9 cm³/mol. The molecule has 2 N–H and O–H groups in total. The molecule has 0 unspecified atom stereocenters. The molecule has 1 aliphatic heterocycles. The highest BCUT2D eigenvalue weighted by molar-refractivity contribution is 6.38. The van der Waals surface area contributed by atoms with Gasteiger partial charge in [0.05, 0.1) is 10.5 Å². The summed E-state index contributed by atoms with van der Waals surface area (Å²) in [5, 5.41) is 18.7. The van der Waals surface area contributed by atoms with Gasteiger partial charge in [-0.2, -0.15) is 0 Å². The Bertz CT molecular complexity index is 1050. The number of hydrogen-bond acceptors (Lipinski definition) is 5. The number of ether oxygens (including phenoxy) is 2. The van der Waals surface area contributed by atoms with Crippen LogP contribution < -0.4 is 9.47 Å². The lowest BCUT2D eigenvalue weighted by atomic mass is 10.2. The van der Waals surface area contributed by atoms with E-state index in [0.717, 1.165) is 0 Å². The van der Waals surface area contributed by atoms with Gasteiger partial charge in [-0.15, -0.1) is 10.2 Å². The van der Waals surface area contributed by atoms with Crippen molar-refractivity contribution in [2.24, 2.45) is 10.2 Å². The monoisotopic (exact) mass is 391 g/mol. The number of para-hydroxylation sites is 2. The number of carbonyl (C=O) groups excluding carboxylic acids is 1. The molecule has 3 aromatic rings. The quantitative estimate of drug-likeness (QED) is 0.622. The van der Waals surface area contributed by atoms with Crippen LogP contribution in [-0.4, -0.2) is 28.7 Å². The molecule has 0 spiro atoms. The Morgan fingerprint density at radius 2 is 2.00 bits per heavy atom. The van der Waals surface area contributed by atoms with Gasteiger partial charge in [-0.05, 0) is 24.3 Å². The van der Waals surface area contributed by atoms with E-state index in [0.29, 0.717) is 32.4 Å². The molecule has 0 bridgehead atoms. The molecule has 0 radical (unpaired) electrons. The molecule has 0 saturated heterocycles. The molecule has 2 aromatic carbocycles. The lowest BCUT2D eigenvalue weighted by Crippen LogP contribution is -2.35. The van der Waals surface area contributed by atoms with Gasteiger partial charge in [-0.25, -0.2) is 0 Å². The largest absolute Gasteiger partial charge is 0.493 e. The number of azo groups is 1. The van der Waals surface area contributed by atoms with Gasteiger partial charge < -0.3 is 19.6 Å². The van der Waals surface area contributed by atoms with Crippen molar-refractivity contribution in [3.8, 4) is 17.4 Å². The highest BCUT2D eigenvalue weighted by atomic mass is 35.5. The molecule has 0 fully saturated rings. The number of carbonyl (C=O) groups is 1. The van der Waals surface area contributed by atoms with E-state index in [2.05, 4.69) is 15.2 Å². The maximum atomic E-state index is 12.3. The average molecular weight is 392 g/mol. The fourth-order valence-corrected chi connectivity index (χ4v) is 3.14. The van der Waals surface area contributed by atoms with E-state index < -0.39 is 12.0 Å². The minimum Gasteiger partial charge on any atom is -0.493 e. The second-order valence-corrected chi connectivity index (χ2v) is 6.38. The first-order chi connectivity index (χ1) is 12.5. The predicted octanol–water partition coefficient (Wildman–Crippen LogP) is 4.63. The van der Waals surface area contributed by atoms with Gasteiger partial charge in [0, 0.05) is 10.4 Å². The van der Waals surface area contributed by atoms with E-state index in [1.54, 1.807) is 30.3 Å². The van der Waals surface area contributed by atoms with Crippen molar-refractivity contribution in [1.82, 2.24) is 4.98 Å². The summed E-state index contributed by atoms with van der Waals surface area (Å²) < 4.78 is 11.1. The lowest BCUT2D eigenvalue weighted by Gasteiger charge is -2.23. The molecular weight excluding hydrogens is 381 g/mol. The van der Waals surface area contributed by atoms with Crippen LogP contribution in [0.15, 0.2) is 46.6 Å². The van der Waals surface area contributed by atoms with Crippen molar-refractivity contribution in [3.05, 3.63) is 46.4 Å². The Balaban J connectivity index is 1.60. The highest BCUT2D eigenvalue weighted by Crippen LogP contribution is 2.40. The molecule has 1 aromatic heterocycles. The minimum atomic E-state index is -0.923. The second-order valence-electron chi connectivity index (χ2n) is 5.53. The zero-order valence-electron chi connectivity index (χ0n) is 13.1. The van der Waals surface area contributed by atoms with Crippen LogP contribution in [0.2, 0.25) is 10.0 Å². The molecule has 0 saturated carbocycles. The number of aromatic hydroxyl groups is 1. The minimum absolute atomic E-state index is 0.0202. The van der Waals surface area contributed by atoms with E-state index in [9.17, 15) is 9.90 Å². The van der Waals surface area contributed by atoms with E-state index >= 15 is 0 Å². The number of H-pyrrole nitrogens is 1. The molecule has 26 heavy (non-hydrogen) atoms. The molecule has 1 aliphatic rings. The average Bonchev–Trinajstić information content (AvgIpc) is 2.95. The Kier molecular flexibility index (Phi) is 4.18. The topological polar surface area (TPSA) is 96.3 Å². The van der Waals surface area contributed by atoms with Crippen LogP contribution in [0, 0.1) is 0 Å². The van der Waals surface area contributed by atoms with Crippen molar-refractivity contribution >= 4 is 45.7 Å². The van der Waals surface area contributed by atoms with Gasteiger partial charge in [-0.3, -0.25) is 4.79 Å². The van der Waals surface area contributed by atoms with E-state index in [-0.39, 0.29) is 18.2 Å². The van der Waals surface area contributed by atoms with E-state index in [4.69, 9.17) is 32.7 Å². The summed E-state index contributed by atoms with van der Waals surface area (Å²) in [7, 11) is 0. The molecule has 1 amide bonds. The number of hydrogen-bond donors (Lipinski definition) is 2.